The number of alkyl halides is 3. The molecule has 0 fully saturated rings. The van der Waals surface area contributed by atoms with E-state index in [2.05, 4.69) is 15.2 Å². The van der Waals surface area contributed by atoms with Gasteiger partial charge in [-0.1, -0.05) is 0 Å². The quantitative estimate of drug-likeness (QED) is 0.887. The molecule has 0 spiro atoms. The Bertz CT molecular complexity index is 605. The van der Waals surface area contributed by atoms with Crippen LogP contribution in [0, 0.1) is 0 Å². The van der Waals surface area contributed by atoms with E-state index >= 15 is 0 Å². The molecule has 0 aliphatic carbocycles. The maximum Gasteiger partial charge on any atom is 0.434 e. The van der Waals surface area contributed by atoms with Crippen LogP contribution in [0.25, 0.3) is 6.20 Å². The molecule has 1 aromatic rings. The van der Waals surface area contributed by atoms with Gasteiger partial charge in [0.15, 0.2) is 5.69 Å². The second-order valence-electron chi connectivity index (χ2n) is 4.81. The van der Waals surface area contributed by atoms with E-state index in [1.54, 1.807) is 0 Å². The largest absolute Gasteiger partial charge is 0.478 e. The zero-order valence-electron chi connectivity index (χ0n) is 11.9. The average molecular weight is 321 g/mol. The van der Waals surface area contributed by atoms with E-state index in [4.69, 9.17) is 5.11 Å². The lowest BCUT2D eigenvalue weighted by atomic mass is 10.1. The first kappa shape index (κ1) is 17.5. The Labute approximate surface area is 123 Å². The van der Waals surface area contributed by atoms with Crippen LogP contribution in [0.5, 0.6) is 0 Å². The van der Waals surface area contributed by atoms with Crippen molar-refractivity contribution in [2.24, 2.45) is 0 Å². The number of carboxylic acids is 1. The number of nitrogens with zero attached hydrogens (tertiary/aromatic N) is 2. The topological polar surface area (TPSA) is 93.5 Å². The van der Waals surface area contributed by atoms with Crippen molar-refractivity contribution >= 4 is 18.3 Å². The number of aromatic nitrogens is 2. The van der Waals surface area contributed by atoms with Crippen molar-refractivity contribution in [3.8, 4) is 0 Å². The molecule has 1 amide bonds. The minimum Gasteiger partial charge on any atom is -0.478 e. The molecule has 122 valence electrons. The number of nitrogens with one attached hydrogen (secondary N) is 1. The van der Waals surface area contributed by atoms with Gasteiger partial charge in [0, 0.05) is 6.20 Å². The number of carbonyl (C=O) groups is 2. The molecule has 1 aromatic heterocycles. The molecule has 7 nitrogen and oxygen atoms in total. The highest BCUT2D eigenvalue weighted by Gasteiger charge is 2.40. The van der Waals surface area contributed by atoms with E-state index < -0.39 is 35.0 Å². The Hall–Kier alpha value is -2.52. The van der Waals surface area contributed by atoms with Gasteiger partial charge in [-0.2, -0.15) is 18.3 Å². The summed E-state index contributed by atoms with van der Waals surface area (Å²) < 4.78 is 43.6. The number of methoxy groups -OCH3 is 1. The molecule has 0 unspecified atom stereocenters. The SMILES string of the molecule is COC(=O)NC(C)(C)/C=C/n1ncc(C(=O)O)c1C(F)(F)F. The Morgan fingerprint density at radius 1 is 1.41 bits per heavy atom. The molecule has 1 heterocycles. The maximum atomic E-state index is 12.9. The van der Waals surface area contributed by atoms with Crippen LogP contribution in [-0.4, -0.2) is 39.6 Å². The molecule has 22 heavy (non-hydrogen) atoms. The lowest BCUT2D eigenvalue weighted by Crippen LogP contribution is -2.41. The van der Waals surface area contributed by atoms with Gasteiger partial charge in [0.2, 0.25) is 0 Å². The molecule has 0 saturated carbocycles. The highest BCUT2D eigenvalue weighted by atomic mass is 19.4. The monoisotopic (exact) mass is 321 g/mol. The van der Waals surface area contributed by atoms with Crippen molar-refractivity contribution in [2.75, 3.05) is 7.11 Å². The number of hydrogen-bond acceptors (Lipinski definition) is 4. The molecule has 0 aliphatic heterocycles. The molecule has 0 aliphatic rings. The predicted octanol–water partition coefficient (Wildman–Crippen LogP) is 2.21. The summed E-state index contributed by atoms with van der Waals surface area (Å²) in [6.45, 7) is 3.02. The van der Waals surface area contributed by atoms with Crippen LogP contribution >= 0.6 is 0 Å². The van der Waals surface area contributed by atoms with E-state index in [1.807, 2.05) is 0 Å². The zero-order valence-corrected chi connectivity index (χ0v) is 11.9. The van der Waals surface area contributed by atoms with Gasteiger partial charge in [-0.05, 0) is 19.9 Å². The first-order valence-corrected chi connectivity index (χ1v) is 5.91. The zero-order chi connectivity index (χ0) is 17.1. The van der Waals surface area contributed by atoms with E-state index in [0.29, 0.717) is 10.9 Å². The molecule has 2 N–H and O–H groups in total. The van der Waals surface area contributed by atoms with Crippen LogP contribution in [0.1, 0.15) is 29.9 Å². The van der Waals surface area contributed by atoms with E-state index in [9.17, 15) is 22.8 Å². The van der Waals surface area contributed by atoms with Gasteiger partial charge in [-0.15, -0.1) is 0 Å². The van der Waals surface area contributed by atoms with Crippen LogP contribution in [-0.2, 0) is 10.9 Å². The normalized spacial score (nSPS) is 12.5. The summed E-state index contributed by atoms with van der Waals surface area (Å²) >= 11 is 0. The van der Waals surface area contributed by atoms with Crippen molar-refractivity contribution in [1.82, 2.24) is 15.1 Å². The average Bonchev–Trinajstić information content (AvgIpc) is 2.79. The van der Waals surface area contributed by atoms with Crippen LogP contribution in [0.2, 0.25) is 0 Å². The fourth-order valence-corrected chi connectivity index (χ4v) is 1.53. The van der Waals surface area contributed by atoms with Crippen LogP contribution in [0.3, 0.4) is 0 Å². The Balaban J connectivity index is 3.16. The minimum atomic E-state index is -4.89. The summed E-state index contributed by atoms with van der Waals surface area (Å²) in [4.78, 5) is 21.9. The summed E-state index contributed by atoms with van der Waals surface area (Å²) in [6.07, 6.45) is -2.91. The summed E-state index contributed by atoms with van der Waals surface area (Å²) in [5, 5.41) is 14.5. The molecular formula is C12H14F3N3O4. The molecule has 10 heteroatoms. The number of aromatic carboxylic acids is 1. The van der Waals surface area contributed by atoms with Crippen molar-refractivity contribution in [2.45, 2.75) is 25.6 Å². The molecular weight excluding hydrogens is 307 g/mol. The Morgan fingerprint density at radius 3 is 2.45 bits per heavy atom. The Morgan fingerprint density at radius 2 is 2.00 bits per heavy atom. The van der Waals surface area contributed by atoms with E-state index in [1.165, 1.54) is 19.9 Å². The third kappa shape index (κ3) is 4.24. The van der Waals surface area contributed by atoms with Gasteiger partial charge in [-0.3, -0.25) is 0 Å². The van der Waals surface area contributed by atoms with Gasteiger partial charge in [0.05, 0.1) is 18.8 Å². The number of alkyl carbamates (subject to hydrolysis) is 1. The van der Waals surface area contributed by atoms with Crippen LogP contribution in [0.4, 0.5) is 18.0 Å². The summed E-state index contributed by atoms with van der Waals surface area (Å²) in [5.74, 6) is -1.74. The first-order valence-electron chi connectivity index (χ1n) is 5.91. The number of hydrogen-bond donors (Lipinski definition) is 2. The standard InChI is InChI=1S/C12H14F3N3O4/c1-11(2,17-10(21)22-3)4-5-18-8(12(13,14)15)7(6-16-18)9(19)20/h4-6H,1-3H3,(H,17,21)(H,19,20)/b5-4+. The lowest BCUT2D eigenvalue weighted by molar-refractivity contribution is -0.143. The molecule has 0 atom stereocenters. The van der Waals surface area contributed by atoms with E-state index in [-0.39, 0.29) is 0 Å². The van der Waals surface area contributed by atoms with Gasteiger partial charge < -0.3 is 15.2 Å². The fourth-order valence-electron chi connectivity index (χ4n) is 1.53. The number of amides is 1. The lowest BCUT2D eigenvalue weighted by Gasteiger charge is -2.21. The minimum absolute atomic E-state index is 0.393. The van der Waals surface area contributed by atoms with Gasteiger partial charge >= 0.3 is 18.2 Å². The van der Waals surface area contributed by atoms with Crippen LogP contribution in [0.15, 0.2) is 12.3 Å². The third-order valence-electron chi connectivity index (χ3n) is 2.54. The number of carboxylic acid groups (broad SMARTS) is 1. The Kier molecular flexibility index (Phi) is 4.84. The van der Waals surface area contributed by atoms with Gasteiger partial charge in [0.1, 0.15) is 5.56 Å². The summed E-state index contributed by atoms with van der Waals surface area (Å²) in [6, 6.07) is 0. The third-order valence-corrected chi connectivity index (χ3v) is 2.54. The molecule has 0 saturated heterocycles. The van der Waals surface area contributed by atoms with Gasteiger partial charge in [-0.25, -0.2) is 14.3 Å². The molecule has 0 radical (unpaired) electrons. The number of carbonyl (C=O) groups excluding carboxylic acids is 1. The van der Waals surface area contributed by atoms with Gasteiger partial charge in [0.25, 0.3) is 0 Å². The predicted molar refractivity (Wildman–Crippen MR) is 69.1 cm³/mol. The number of halogens is 3. The van der Waals surface area contributed by atoms with Crippen molar-refractivity contribution in [3.05, 3.63) is 23.5 Å². The van der Waals surface area contributed by atoms with Crippen molar-refractivity contribution in [3.63, 3.8) is 0 Å². The van der Waals surface area contributed by atoms with Crippen molar-refractivity contribution in [1.29, 1.82) is 0 Å². The summed E-state index contributed by atoms with van der Waals surface area (Å²) in [7, 11) is 1.14. The highest BCUT2D eigenvalue weighted by Crippen LogP contribution is 2.32. The van der Waals surface area contributed by atoms with Crippen LogP contribution < -0.4 is 5.32 Å². The van der Waals surface area contributed by atoms with E-state index in [0.717, 1.165) is 13.3 Å². The first-order chi connectivity index (χ1) is 9.98. The summed E-state index contributed by atoms with van der Waals surface area (Å²) in [5.41, 5.74) is -3.41. The number of rotatable bonds is 4. The molecule has 1 rings (SSSR count). The smallest absolute Gasteiger partial charge is 0.434 e. The highest BCUT2D eigenvalue weighted by molar-refractivity contribution is 5.89. The molecule has 0 aromatic carbocycles. The fraction of sp³-hybridized carbons (Fsp3) is 0.417. The van der Waals surface area contributed by atoms with Crippen molar-refractivity contribution < 1.29 is 32.6 Å². The number of ether oxygens (including phenoxy) is 1. The maximum absolute atomic E-state index is 12.9. The second-order valence-corrected chi connectivity index (χ2v) is 4.81. The second kappa shape index (κ2) is 6.08. The molecule has 0 bridgehead atoms.